The number of nitrogens with two attached hydrogens (primary N) is 1. The topological polar surface area (TPSA) is 87.9 Å². The van der Waals surface area contributed by atoms with E-state index >= 15 is 0 Å². The highest BCUT2D eigenvalue weighted by atomic mass is 16.6. The maximum absolute atomic E-state index is 10.6. The number of methoxy groups -OCH3 is 1. The van der Waals surface area contributed by atoms with Gasteiger partial charge in [-0.2, -0.15) is 0 Å². The molecule has 1 aliphatic carbocycles. The number of carbonyl (C=O) groups excluding carboxylic acids is 2. The zero-order chi connectivity index (χ0) is 15.8. The lowest BCUT2D eigenvalue weighted by atomic mass is 10.2. The van der Waals surface area contributed by atoms with Crippen LogP contribution in [0.4, 0.5) is 4.79 Å². The molecule has 1 amide bonds. The van der Waals surface area contributed by atoms with Crippen molar-refractivity contribution in [1.29, 1.82) is 0 Å². The highest BCUT2D eigenvalue weighted by Gasteiger charge is 2.37. The first kappa shape index (κ1) is 18.7. The fraction of sp³-hybridized carbons (Fsp3) is 0.857. The maximum Gasteiger partial charge on any atom is 0.405 e. The predicted octanol–water partition coefficient (Wildman–Crippen LogP) is 2.25. The van der Waals surface area contributed by atoms with Crippen LogP contribution >= 0.6 is 0 Å². The second-order valence-electron chi connectivity index (χ2n) is 6.22. The summed E-state index contributed by atoms with van der Waals surface area (Å²) in [6.07, 6.45) is 2.15. The van der Waals surface area contributed by atoms with Gasteiger partial charge in [-0.3, -0.25) is 4.79 Å². The number of rotatable bonds is 5. The zero-order valence-corrected chi connectivity index (χ0v) is 13.2. The van der Waals surface area contributed by atoms with E-state index in [-0.39, 0.29) is 5.97 Å². The van der Waals surface area contributed by atoms with Crippen molar-refractivity contribution >= 4 is 12.1 Å². The Hall–Kier alpha value is -1.30. The molecule has 20 heavy (non-hydrogen) atoms. The van der Waals surface area contributed by atoms with E-state index in [0.717, 1.165) is 6.61 Å². The van der Waals surface area contributed by atoms with Gasteiger partial charge in [-0.15, -0.1) is 0 Å². The number of esters is 1. The van der Waals surface area contributed by atoms with Gasteiger partial charge in [0.15, 0.2) is 0 Å². The molecule has 6 nitrogen and oxygen atoms in total. The summed E-state index contributed by atoms with van der Waals surface area (Å²) in [5.41, 5.74) is 4.68. The highest BCUT2D eigenvalue weighted by Crippen LogP contribution is 2.44. The molecule has 0 heterocycles. The molecule has 0 saturated heterocycles. The Morgan fingerprint density at radius 1 is 1.25 bits per heavy atom. The molecule has 0 aromatic carbocycles. The van der Waals surface area contributed by atoms with Crippen LogP contribution in [0.3, 0.4) is 0 Å². The molecule has 0 radical (unpaired) electrons. The van der Waals surface area contributed by atoms with Gasteiger partial charge < -0.3 is 19.9 Å². The first-order valence-corrected chi connectivity index (χ1v) is 6.71. The monoisotopic (exact) mass is 289 g/mol. The SMILES string of the molecule is CC(C)(C)OC(N)=O.COC(=O)CCOCC1(C)CC1. The molecule has 0 unspecified atom stereocenters. The van der Waals surface area contributed by atoms with Crippen LogP contribution < -0.4 is 5.73 Å². The van der Waals surface area contributed by atoms with Crippen molar-refractivity contribution in [2.45, 2.75) is 52.6 Å². The fourth-order valence-corrected chi connectivity index (χ4v) is 1.24. The van der Waals surface area contributed by atoms with E-state index in [0.29, 0.717) is 18.4 Å². The molecule has 6 heteroatoms. The number of carbonyl (C=O) groups is 2. The molecule has 1 aliphatic rings. The van der Waals surface area contributed by atoms with Crippen molar-refractivity contribution in [3.8, 4) is 0 Å². The van der Waals surface area contributed by atoms with Crippen LogP contribution in [0.5, 0.6) is 0 Å². The van der Waals surface area contributed by atoms with E-state index in [4.69, 9.17) is 10.5 Å². The first-order valence-electron chi connectivity index (χ1n) is 6.71. The van der Waals surface area contributed by atoms with E-state index in [1.165, 1.54) is 20.0 Å². The van der Waals surface area contributed by atoms with E-state index in [1.807, 2.05) is 0 Å². The van der Waals surface area contributed by atoms with Gasteiger partial charge in [0.2, 0.25) is 0 Å². The van der Waals surface area contributed by atoms with Gasteiger partial charge in [-0.1, -0.05) is 6.92 Å². The summed E-state index contributed by atoms with van der Waals surface area (Å²) in [7, 11) is 1.39. The predicted molar refractivity (Wildman–Crippen MR) is 75.2 cm³/mol. The molecule has 1 rings (SSSR count). The molecule has 0 aliphatic heterocycles. The standard InChI is InChI=1S/C9H16O3.C5H11NO2/c1-9(4-5-9)7-12-6-3-8(10)11-2;1-5(2,3)8-4(6)7/h3-7H2,1-2H3;1-3H3,(H2,6,7). The maximum atomic E-state index is 10.6. The molecule has 118 valence electrons. The lowest BCUT2D eigenvalue weighted by Crippen LogP contribution is -2.27. The van der Waals surface area contributed by atoms with Gasteiger partial charge in [-0.25, -0.2) is 4.79 Å². The highest BCUT2D eigenvalue weighted by molar-refractivity contribution is 5.69. The third-order valence-electron chi connectivity index (χ3n) is 2.64. The number of hydrogen-bond acceptors (Lipinski definition) is 5. The summed E-state index contributed by atoms with van der Waals surface area (Å²) < 4.78 is 14.4. The summed E-state index contributed by atoms with van der Waals surface area (Å²) in [6, 6.07) is 0. The van der Waals surface area contributed by atoms with Crippen LogP contribution in [0.2, 0.25) is 0 Å². The van der Waals surface area contributed by atoms with Crippen molar-refractivity contribution in [2.24, 2.45) is 11.1 Å². The minimum Gasteiger partial charge on any atom is -0.469 e. The van der Waals surface area contributed by atoms with E-state index in [1.54, 1.807) is 20.8 Å². The molecule has 2 N–H and O–H groups in total. The van der Waals surface area contributed by atoms with Gasteiger partial charge in [0.1, 0.15) is 5.60 Å². The van der Waals surface area contributed by atoms with E-state index < -0.39 is 11.7 Å². The Morgan fingerprint density at radius 3 is 2.10 bits per heavy atom. The van der Waals surface area contributed by atoms with Gasteiger partial charge in [-0.05, 0) is 39.0 Å². The summed E-state index contributed by atoms with van der Waals surface area (Å²) in [5.74, 6) is -0.198. The second kappa shape index (κ2) is 8.09. The number of ether oxygens (including phenoxy) is 3. The average molecular weight is 289 g/mol. The van der Waals surface area contributed by atoms with Crippen LogP contribution in [0, 0.1) is 5.41 Å². The third kappa shape index (κ3) is 11.8. The molecule has 0 aromatic heterocycles. The number of hydrogen-bond donors (Lipinski definition) is 1. The Labute approximate surface area is 120 Å². The molecule has 0 aromatic rings. The van der Waals surface area contributed by atoms with E-state index in [2.05, 4.69) is 16.4 Å². The minimum atomic E-state index is -0.725. The van der Waals surface area contributed by atoms with Crippen LogP contribution in [0.25, 0.3) is 0 Å². The molecular weight excluding hydrogens is 262 g/mol. The zero-order valence-electron chi connectivity index (χ0n) is 13.2. The molecule has 0 atom stereocenters. The fourth-order valence-electron chi connectivity index (χ4n) is 1.24. The normalized spacial score (nSPS) is 15.7. The summed E-state index contributed by atoms with van der Waals surface area (Å²) >= 11 is 0. The van der Waals surface area contributed by atoms with Crippen molar-refractivity contribution in [2.75, 3.05) is 20.3 Å². The van der Waals surface area contributed by atoms with E-state index in [9.17, 15) is 9.59 Å². The van der Waals surface area contributed by atoms with Crippen molar-refractivity contribution in [3.63, 3.8) is 0 Å². The lowest BCUT2D eigenvalue weighted by Gasteiger charge is -2.16. The largest absolute Gasteiger partial charge is 0.469 e. The summed E-state index contributed by atoms with van der Waals surface area (Å²) in [6.45, 7) is 8.75. The molecular formula is C14H27NO5. The molecule has 1 fully saturated rings. The third-order valence-corrected chi connectivity index (χ3v) is 2.64. The Balaban J connectivity index is 0.000000396. The summed E-state index contributed by atoms with van der Waals surface area (Å²) in [5, 5.41) is 0. The van der Waals surface area contributed by atoms with Crippen LogP contribution in [0.15, 0.2) is 0 Å². The smallest absolute Gasteiger partial charge is 0.405 e. The van der Waals surface area contributed by atoms with Crippen LogP contribution in [-0.4, -0.2) is 38.0 Å². The van der Waals surface area contributed by atoms with Gasteiger partial charge in [0.25, 0.3) is 0 Å². The Morgan fingerprint density at radius 2 is 1.80 bits per heavy atom. The van der Waals surface area contributed by atoms with Crippen molar-refractivity contribution < 1.29 is 23.8 Å². The second-order valence-corrected chi connectivity index (χ2v) is 6.22. The Kier molecular flexibility index (Phi) is 7.57. The first-order chi connectivity index (χ1) is 9.08. The van der Waals surface area contributed by atoms with Gasteiger partial charge in [0, 0.05) is 0 Å². The lowest BCUT2D eigenvalue weighted by molar-refractivity contribution is -0.141. The minimum absolute atomic E-state index is 0.198. The van der Waals surface area contributed by atoms with Gasteiger partial charge in [0.05, 0.1) is 26.7 Å². The number of amides is 1. The molecule has 1 saturated carbocycles. The van der Waals surface area contributed by atoms with Crippen molar-refractivity contribution in [3.05, 3.63) is 0 Å². The van der Waals surface area contributed by atoms with Crippen LogP contribution in [0.1, 0.15) is 47.0 Å². The Bertz CT molecular complexity index is 318. The molecule has 0 spiro atoms. The van der Waals surface area contributed by atoms with Gasteiger partial charge >= 0.3 is 12.1 Å². The average Bonchev–Trinajstić information content (AvgIpc) is 3.00. The number of primary amides is 1. The van der Waals surface area contributed by atoms with Crippen LogP contribution in [-0.2, 0) is 19.0 Å². The molecule has 0 bridgehead atoms. The summed E-state index contributed by atoms with van der Waals surface area (Å²) in [4.78, 5) is 20.7. The van der Waals surface area contributed by atoms with Crippen molar-refractivity contribution in [1.82, 2.24) is 0 Å². The quantitative estimate of drug-likeness (QED) is 0.619.